The quantitative estimate of drug-likeness (QED) is 0.0613. The third-order valence-corrected chi connectivity index (χ3v) is 9.21. The van der Waals surface area contributed by atoms with Gasteiger partial charge in [0.05, 0.1) is 42.7 Å². The summed E-state index contributed by atoms with van der Waals surface area (Å²) in [5.74, 6) is 0.307. The molecule has 318 valence electrons. The molecule has 0 fully saturated rings. The largest absolute Gasteiger partial charge is 0.490 e. The van der Waals surface area contributed by atoms with E-state index in [0.29, 0.717) is 68.1 Å². The molecule has 0 saturated heterocycles. The highest BCUT2D eigenvalue weighted by atomic mass is 16.5. The maximum atomic E-state index is 13.9. The van der Waals surface area contributed by atoms with E-state index in [2.05, 4.69) is 47.6 Å². The number of benzene rings is 2. The molecule has 7 rings (SSSR count). The number of nitrogens with zero attached hydrogens (tertiary/aromatic N) is 8. The van der Waals surface area contributed by atoms with Gasteiger partial charge in [0, 0.05) is 41.9 Å². The van der Waals surface area contributed by atoms with Crippen LogP contribution in [-0.4, -0.2) is 117 Å². The van der Waals surface area contributed by atoms with Crippen molar-refractivity contribution in [3.63, 3.8) is 0 Å². The number of nitrogens with one attached hydrogen (secondary N) is 3. The lowest BCUT2D eigenvalue weighted by Gasteiger charge is -2.15. The normalized spacial score (nSPS) is 12.4. The van der Waals surface area contributed by atoms with Gasteiger partial charge >= 0.3 is 0 Å². The Morgan fingerprint density at radius 1 is 0.806 bits per heavy atom. The summed E-state index contributed by atoms with van der Waals surface area (Å²) in [5, 5.41) is 56.3. The maximum absolute atomic E-state index is 13.9. The van der Waals surface area contributed by atoms with Crippen LogP contribution in [0.3, 0.4) is 0 Å². The fourth-order valence-electron chi connectivity index (χ4n) is 6.30. The van der Waals surface area contributed by atoms with Crippen molar-refractivity contribution < 1.29 is 39.5 Å². The number of aliphatic hydroxyl groups is 4. The summed E-state index contributed by atoms with van der Waals surface area (Å²) in [6.45, 7) is 4.33. The van der Waals surface area contributed by atoms with Crippen LogP contribution in [0.1, 0.15) is 38.1 Å². The second-order valence-corrected chi connectivity index (χ2v) is 13.9. The molecule has 0 spiro atoms. The van der Waals surface area contributed by atoms with Gasteiger partial charge in [0.15, 0.2) is 22.7 Å². The Morgan fingerprint density at radius 3 is 2.11 bits per heavy atom. The molecular formula is C43H43N11O8. The van der Waals surface area contributed by atoms with E-state index in [1.54, 1.807) is 99.0 Å². The highest BCUT2D eigenvalue weighted by Crippen LogP contribution is 2.32. The van der Waals surface area contributed by atoms with Gasteiger partial charge in [-0.2, -0.15) is 10.2 Å². The number of para-hydroxylation sites is 2. The predicted octanol–water partition coefficient (Wildman–Crippen LogP) is 2.49. The van der Waals surface area contributed by atoms with Crippen molar-refractivity contribution in [3.8, 4) is 34.0 Å². The van der Waals surface area contributed by atoms with Gasteiger partial charge in [-0.15, -0.1) is 0 Å². The molecule has 19 nitrogen and oxygen atoms in total. The van der Waals surface area contributed by atoms with E-state index in [1.165, 1.54) is 21.4 Å². The van der Waals surface area contributed by atoms with Crippen LogP contribution in [-0.2, 0) is 6.42 Å². The number of imidazole rings is 2. The summed E-state index contributed by atoms with van der Waals surface area (Å²) in [7, 11) is 1.72. The van der Waals surface area contributed by atoms with E-state index in [9.17, 15) is 30.0 Å². The minimum atomic E-state index is -1.11. The third-order valence-electron chi connectivity index (χ3n) is 9.21. The van der Waals surface area contributed by atoms with Gasteiger partial charge < -0.3 is 45.9 Å². The number of anilines is 1. The molecule has 5 heterocycles. The first-order valence-corrected chi connectivity index (χ1v) is 19.3. The minimum absolute atomic E-state index is 0.115. The highest BCUT2D eigenvalue weighted by Gasteiger charge is 2.22. The zero-order chi connectivity index (χ0) is 43.8. The Bertz CT molecular complexity index is 2790. The molecule has 5 aromatic heterocycles. The fraction of sp³-hybridized carbons (Fsp3) is 0.209. The van der Waals surface area contributed by atoms with E-state index in [-0.39, 0.29) is 36.8 Å². The Morgan fingerprint density at radius 2 is 1.44 bits per heavy atom. The number of ether oxygens (including phenoxy) is 2. The topological polar surface area (TPSA) is 256 Å². The third kappa shape index (κ3) is 9.72. The molecule has 0 aliphatic carbocycles. The molecule has 19 heteroatoms. The van der Waals surface area contributed by atoms with E-state index < -0.39 is 37.2 Å². The molecule has 0 radical (unpaired) electrons. The standard InChI is InChI=1S/C43H43N11O8/c1-25(14-15-44-3)47-42(59)36-20-46-41-27(17-34(52-54(36)41)32-9-5-7-11-38(32)62-24-30(58)22-56)16-28-18-39(49-26(2)48-28)50-43(60)35-19-45-40-13-12-33(51-53(35)40)31-8-4-6-10-37(31)61-23-29(57)21-55/h4-15,17-20,29-30,44,55-58H,1,16,21-24H2,2-3H3,(H,47,59)(H,48,49,50,60)/b15-14-/t29-,30-/m1/s1. The van der Waals surface area contributed by atoms with Crippen molar-refractivity contribution in [2.45, 2.75) is 25.6 Å². The number of aromatic nitrogens is 8. The smallest absolute Gasteiger partial charge is 0.277 e. The molecule has 62 heavy (non-hydrogen) atoms. The summed E-state index contributed by atoms with van der Waals surface area (Å²) in [4.78, 5) is 45.5. The maximum Gasteiger partial charge on any atom is 0.277 e. The lowest BCUT2D eigenvalue weighted by atomic mass is 10.1. The second-order valence-electron chi connectivity index (χ2n) is 13.9. The van der Waals surface area contributed by atoms with Crippen LogP contribution >= 0.6 is 0 Å². The van der Waals surface area contributed by atoms with Crippen LogP contribution in [0.25, 0.3) is 33.8 Å². The van der Waals surface area contributed by atoms with Gasteiger partial charge in [-0.25, -0.2) is 29.0 Å². The zero-order valence-corrected chi connectivity index (χ0v) is 33.6. The lowest BCUT2D eigenvalue weighted by molar-refractivity contribution is 0.0538. The number of carbonyl (C=O) groups excluding carboxylic acids is 2. The number of rotatable bonds is 18. The summed E-state index contributed by atoms with van der Waals surface area (Å²) in [6.07, 6.45) is 4.01. The average molecular weight is 842 g/mol. The monoisotopic (exact) mass is 841 g/mol. The van der Waals surface area contributed by atoms with Gasteiger partial charge in [-0.05, 0) is 61.7 Å². The van der Waals surface area contributed by atoms with Crippen LogP contribution in [0.15, 0.2) is 110 Å². The number of hydrogen-bond acceptors (Lipinski definition) is 15. The molecule has 0 saturated carbocycles. The first kappa shape index (κ1) is 42.5. The highest BCUT2D eigenvalue weighted by molar-refractivity contribution is 6.03. The summed E-state index contributed by atoms with van der Waals surface area (Å²) in [6, 6.07) is 21.0. The SMILES string of the molecule is C=C(/C=C\NC)NC(=O)c1cnc2c(Cc3cc(NC(=O)c4cnc5ccc(-c6ccccc6OC[C@H](O)CO)nn45)nc(C)n3)cc(-c3ccccc3OC[C@H](O)CO)nn12. The molecule has 0 aliphatic rings. The number of aryl methyl sites for hydroxylation is 1. The average Bonchev–Trinajstić information content (AvgIpc) is 3.91. The van der Waals surface area contributed by atoms with E-state index in [0.717, 1.165) is 0 Å². The number of amides is 2. The molecule has 2 atom stereocenters. The number of carbonyl (C=O) groups is 2. The molecule has 0 bridgehead atoms. The van der Waals surface area contributed by atoms with Gasteiger partial charge in [-0.3, -0.25) is 9.59 Å². The van der Waals surface area contributed by atoms with Crippen molar-refractivity contribution in [2.24, 2.45) is 0 Å². The van der Waals surface area contributed by atoms with Gasteiger partial charge in [0.2, 0.25) is 0 Å². The second kappa shape index (κ2) is 19.2. The van der Waals surface area contributed by atoms with E-state index in [1.807, 2.05) is 0 Å². The molecule has 0 aliphatic heterocycles. The number of allylic oxidation sites excluding steroid dienone is 1. The van der Waals surface area contributed by atoms with E-state index in [4.69, 9.17) is 14.6 Å². The summed E-state index contributed by atoms with van der Waals surface area (Å²) in [5.41, 5.74) is 4.44. The Hall–Kier alpha value is -7.58. The van der Waals surface area contributed by atoms with Crippen LogP contribution in [0.4, 0.5) is 5.82 Å². The Kier molecular flexibility index (Phi) is 13.2. The summed E-state index contributed by atoms with van der Waals surface area (Å²) < 4.78 is 14.4. The number of hydrogen-bond donors (Lipinski definition) is 7. The number of fused-ring (bicyclic) bond motifs is 2. The number of aliphatic hydroxyl groups excluding tert-OH is 4. The molecule has 2 aromatic carbocycles. The molecule has 2 amide bonds. The molecular weight excluding hydrogens is 799 g/mol. The molecule has 7 aromatic rings. The van der Waals surface area contributed by atoms with Gasteiger partial charge in [-0.1, -0.05) is 30.8 Å². The van der Waals surface area contributed by atoms with Crippen LogP contribution in [0, 0.1) is 6.92 Å². The van der Waals surface area contributed by atoms with Crippen molar-refractivity contribution in [2.75, 3.05) is 38.8 Å². The van der Waals surface area contributed by atoms with Crippen LogP contribution < -0.4 is 25.4 Å². The first-order valence-electron chi connectivity index (χ1n) is 19.3. The fourth-order valence-corrected chi connectivity index (χ4v) is 6.30. The first-order chi connectivity index (χ1) is 30.0. The Balaban J connectivity index is 1.21. The van der Waals surface area contributed by atoms with Crippen molar-refractivity contribution in [3.05, 3.63) is 138 Å². The molecule has 7 N–H and O–H groups in total. The lowest BCUT2D eigenvalue weighted by Crippen LogP contribution is -2.23. The van der Waals surface area contributed by atoms with Crippen molar-refractivity contribution in [1.82, 2.24) is 49.8 Å². The van der Waals surface area contributed by atoms with Crippen molar-refractivity contribution in [1.29, 1.82) is 0 Å². The Labute approximate surface area is 354 Å². The zero-order valence-electron chi connectivity index (χ0n) is 33.6. The van der Waals surface area contributed by atoms with E-state index >= 15 is 0 Å². The predicted molar refractivity (Wildman–Crippen MR) is 226 cm³/mol. The van der Waals surface area contributed by atoms with Crippen LogP contribution in [0.2, 0.25) is 0 Å². The van der Waals surface area contributed by atoms with Gasteiger partial charge in [0.25, 0.3) is 11.8 Å². The van der Waals surface area contributed by atoms with Crippen molar-refractivity contribution >= 4 is 28.9 Å². The summed E-state index contributed by atoms with van der Waals surface area (Å²) >= 11 is 0. The minimum Gasteiger partial charge on any atom is -0.490 e. The molecule has 0 unspecified atom stereocenters. The van der Waals surface area contributed by atoms with Gasteiger partial charge in [0.1, 0.15) is 48.6 Å². The van der Waals surface area contributed by atoms with Crippen LogP contribution in [0.5, 0.6) is 11.5 Å².